The Morgan fingerprint density at radius 2 is 1.76 bits per heavy atom. The van der Waals surface area contributed by atoms with Crippen molar-refractivity contribution in [2.24, 2.45) is 0 Å². The summed E-state index contributed by atoms with van der Waals surface area (Å²) in [6.07, 6.45) is -5.31. The van der Waals surface area contributed by atoms with E-state index in [1.54, 1.807) is 0 Å². The molecule has 0 aliphatic heterocycles. The number of hydrogen-bond acceptors (Lipinski definition) is 4. The molecule has 0 radical (unpaired) electrons. The zero-order valence-corrected chi connectivity index (χ0v) is 16.7. The lowest BCUT2D eigenvalue weighted by Gasteiger charge is -2.29. The van der Waals surface area contributed by atoms with Gasteiger partial charge in [-0.25, -0.2) is 4.79 Å². The molecular weight excluding hydrogens is 434 g/mol. The third-order valence-electron chi connectivity index (χ3n) is 4.06. The smallest absolute Gasteiger partial charge is 0.432 e. The molecule has 0 saturated heterocycles. The van der Waals surface area contributed by atoms with Gasteiger partial charge in [0.1, 0.15) is 0 Å². The Balaban J connectivity index is 2.36. The number of anilines is 1. The SMILES string of the molecule is CCOC(=O)C(O)(c1ccc(NC(=O)c2ccc(Cl)c(Cl)c2)c(C)c1)C(F)(F)F. The minimum Gasteiger partial charge on any atom is -0.463 e. The highest BCUT2D eigenvalue weighted by molar-refractivity contribution is 6.42. The Labute approximate surface area is 174 Å². The molecule has 0 aromatic heterocycles. The van der Waals surface area contributed by atoms with Gasteiger partial charge in [0, 0.05) is 16.8 Å². The molecule has 5 nitrogen and oxygen atoms in total. The summed E-state index contributed by atoms with van der Waals surface area (Å²) in [5.74, 6) is -2.41. The van der Waals surface area contributed by atoms with E-state index in [0.29, 0.717) is 0 Å². The zero-order chi connectivity index (χ0) is 22.0. The number of carbonyl (C=O) groups is 2. The molecule has 29 heavy (non-hydrogen) atoms. The molecule has 0 bridgehead atoms. The van der Waals surface area contributed by atoms with Gasteiger partial charge in [-0.05, 0) is 43.7 Å². The number of rotatable bonds is 5. The molecule has 0 spiro atoms. The van der Waals surface area contributed by atoms with E-state index in [-0.39, 0.29) is 33.5 Å². The Morgan fingerprint density at radius 1 is 1.10 bits per heavy atom. The molecule has 0 aliphatic rings. The summed E-state index contributed by atoms with van der Waals surface area (Å²) >= 11 is 11.7. The van der Waals surface area contributed by atoms with Crippen molar-refractivity contribution in [2.75, 3.05) is 11.9 Å². The van der Waals surface area contributed by atoms with Crippen LogP contribution < -0.4 is 5.32 Å². The zero-order valence-electron chi connectivity index (χ0n) is 15.2. The maximum atomic E-state index is 13.5. The fourth-order valence-electron chi connectivity index (χ4n) is 2.49. The molecule has 0 aliphatic carbocycles. The van der Waals surface area contributed by atoms with Crippen molar-refractivity contribution in [1.82, 2.24) is 0 Å². The molecule has 156 valence electrons. The molecule has 2 rings (SSSR count). The lowest BCUT2D eigenvalue weighted by atomic mass is 9.91. The highest BCUT2D eigenvalue weighted by Gasteiger charge is 2.62. The molecule has 2 aromatic rings. The first-order valence-electron chi connectivity index (χ1n) is 8.25. The number of hydrogen-bond donors (Lipinski definition) is 2. The number of aliphatic hydroxyl groups is 1. The number of alkyl halides is 3. The Kier molecular flexibility index (Phi) is 6.82. The lowest BCUT2D eigenvalue weighted by Crippen LogP contribution is -2.50. The van der Waals surface area contributed by atoms with E-state index in [2.05, 4.69) is 10.1 Å². The molecular formula is C19H16Cl2F3NO4. The highest BCUT2D eigenvalue weighted by Crippen LogP contribution is 2.41. The van der Waals surface area contributed by atoms with E-state index in [4.69, 9.17) is 23.2 Å². The van der Waals surface area contributed by atoms with Gasteiger partial charge in [-0.1, -0.05) is 35.3 Å². The van der Waals surface area contributed by atoms with Gasteiger partial charge in [-0.15, -0.1) is 0 Å². The largest absolute Gasteiger partial charge is 0.463 e. The summed E-state index contributed by atoms with van der Waals surface area (Å²) in [5, 5.41) is 13.1. The average molecular weight is 450 g/mol. The van der Waals surface area contributed by atoms with Gasteiger partial charge in [0.05, 0.1) is 16.7 Å². The average Bonchev–Trinajstić information content (AvgIpc) is 2.64. The van der Waals surface area contributed by atoms with Crippen molar-refractivity contribution in [3.8, 4) is 0 Å². The van der Waals surface area contributed by atoms with Crippen molar-refractivity contribution < 1.29 is 32.6 Å². The summed E-state index contributed by atoms with van der Waals surface area (Å²) in [5.41, 5.74) is -4.02. The standard InChI is InChI=1S/C19H16Cl2F3NO4/c1-3-29-17(27)18(28,19(22,23)24)12-5-7-15(10(2)8-12)25-16(26)11-4-6-13(20)14(21)9-11/h4-9,28H,3H2,1-2H3,(H,25,26). The predicted octanol–water partition coefficient (Wildman–Crippen LogP) is 4.87. The lowest BCUT2D eigenvalue weighted by molar-refractivity contribution is -0.267. The van der Waals surface area contributed by atoms with Crippen molar-refractivity contribution >= 4 is 40.8 Å². The Hall–Kier alpha value is -2.29. The van der Waals surface area contributed by atoms with Crippen LogP contribution in [0.2, 0.25) is 10.0 Å². The summed E-state index contributed by atoms with van der Waals surface area (Å²) in [6.45, 7) is 2.39. The number of amides is 1. The van der Waals surface area contributed by atoms with Crippen LogP contribution >= 0.6 is 23.2 Å². The fraction of sp³-hybridized carbons (Fsp3) is 0.263. The van der Waals surface area contributed by atoms with Crippen LogP contribution in [0.4, 0.5) is 18.9 Å². The van der Waals surface area contributed by atoms with Crippen LogP contribution in [0.1, 0.15) is 28.4 Å². The first-order valence-corrected chi connectivity index (χ1v) is 9.01. The molecule has 10 heteroatoms. The molecule has 0 heterocycles. The van der Waals surface area contributed by atoms with Crippen LogP contribution in [0, 0.1) is 6.92 Å². The van der Waals surface area contributed by atoms with Gasteiger partial charge < -0.3 is 15.2 Å². The molecule has 0 fully saturated rings. The van der Waals surface area contributed by atoms with E-state index in [1.807, 2.05) is 0 Å². The summed E-state index contributed by atoms with van der Waals surface area (Å²) < 4.78 is 44.8. The second-order valence-corrected chi connectivity index (χ2v) is 6.86. The van der Waals surface area contributed by atoms with Gasteiger partial charge in [-0.3, -0.25) is 4.79 Å². The maximum absolute atomic E-state index is 13.5. The Morgan fingerprint density at radius 3 is 2.28 bits per heavy atom. The first-order chi connectivity index (χ1) is 13.4. The quantitative estimate of drug-likeness (QED) is 0.638. The Bertz CT molecular complexity index is 950. The topological polar surface area (TPSA) is 75.6 Å². The molecule has 1 atom stereocenters. The van der Waals surface area contributed by atoms with Crippen molar-refractivity contribution in [1.29, 1.82) is 0 Å². The number of esters is 1. The number of halogens is 5. The van der Waals surface area contributed by atoms with Crippen LogP contribution in [0.25, 0.3) is 0 Å². The van der Waals surface area contributed by atoms with E-state index in [9.17, 15) is 27.9 Å². The normalized spacial score (nSPS) is 13.5. The third-order valence-corrected chi connectivity index (χ3v) is 4.79. The number of carbonyl (C=O) groups excluding carboxylic acids is 2. The number of ether oxygens (including phenoxy) is 1. The first kappa shape index (κ1) is 23.0. The van der Waals surface area contributed by atoms with Gasteiger partial charge in [0.25, 0.3) is 11.5 Å². The number of benzene rings is 2. The van der Waals surface area contributed by atoms with Crippen LogP contribution in [-0.2, 0) is 15.1 Å². The van der Waals surface area contributed by atoms with Crippen molar-refractivity contribution in [3.05, 3.63) is 63.1 Å². The molecule has 2 N–H and O–H groups in total. The van der Waals surface area contributed by atoms with Gasteiger partial charge >= 0.3 is 12.1 Å². The van der Waals surface area contributed by atoms with Crippen molar-refractivity contribution in [2.45, 2.75) is 25.6 Å². The minimum atomic E-state index is -5.31. The summed E-state index contributed by atoms with van der Waals surface area (Å²) in [7, 11) is 0. The van der Waals surface area contributed by atoms with Crippen LogP contribution in [0.3, 0.4) is 0 Å². The molecule has 2 aromatic carbocycles. The summed E-state index contributed by atoms with van der Waals surface area (Å²) in [4.78, 5) is 24.2. The highest BCUT2D eigenvalue weighted by atomic mass is 35.5. The van der Waals surface area contributed by atoms with E-state index in [0.717, 1.165) is 18.2 Å². The van der Waals surface area contributed by atoms with E-state index in [1.165, 1.54) is 32.0 Å². The number of nitrogens with one attached hydrogen (secondary N) is 1. The molecule has 0 saturated carbocycles. The summed E-state index contributed by atoms with van der Waals surface area (Å²) in [6, 6.07) is 7.19. The van der Waals surface area contributed by atoms with Crippen LogP contribution in [0.15, 0.2) is 36.4 Å². The maximum Gasteiger partial charge on any atom is 0.432 e. The second-order valence-electron chi connectivity index (χ2n) is 6.04. The third kappa shape index (κ3) is 4.66. The second kappa shape index (κ2) is 8.61. The molecule has 1 unspecified atom stereocenters. The fourth-order valence-corrected chi connectivity index (χ4v) is 2.79. The monoisotopic (exact) mass is 449 g/mol. The van der Waals surface area contributed by atoms with E-state index >= 15 is 0 Å². The minimum absolute atomic E-state index is 0.163. The molecule has 1 amide bonds. The van der Waals surface area contributed by atoms with Crippen LogP contribution in [0.5, 0.6) is 0 Å². The van der Waals surface area contributed by atoms with Gasteiger partial charge in [0.15, 0.2) is 0 Å². The van der Waals surface area contributed by atoms with Crippen LogP contribution in [-0.4, -0.2) is 29.8 Å². The van der Waals surface area contributed by atoms with Gasteiger partial charge in [-0.2, -0.15) is 13.2 Å². The van der Waals surface area contributed by atoms with E-state index < -0.39 is 29.2 Å². The predicted molar refractivity (Wildman–Crippen MR) is 102 cm³/mol. The van der Waals surface area contributed by atoms with Gasteiger partial charge in [0.2, 0.25) is 0 Å². The van der Waals surface area contributed by atoms with Crippen molar-refractivity contribution in [3.63, 3.8) is 0 Å². The number of aryl methyl sites for hydroxylation is 1.